The van der Waals surface area contributed by atoms with Gasteiger partial charge >= 0.3 is 0 Å². The summed E-state index contributed by atoms with van der Waals surface area (Å²) in [6.45, 7) is 6.87. The number of hydrogen-bond acceptors (Lipinski definition) is 2. The van der Waals surface area contributed by atoms with E-state index in [4.69, 9.17) is 5.73 Å². The van der Waals surface area contributed by atoms with Crippen LogP contribution in [0.15, 0.2) is 22.7 Å². The molecule has 0 saturated heterocycles. The molecule has 0 fully saturated rings. The quantitative estimate of drug-likeness (QED) is 0.945. The first kappa shape index (κ1) is 13.3. The van der Waals surface area contributed by atoms with Crippen molar-refractivity contribution in [1.82, 2.24) is 9.78 Å². The highest BCUT2D eigenvalue weighted by molar-refractivity contribution is 9.10. The van der Waals surface area contributed by atoms with Crippen LogP contribution in [0.5, 0.6) is 0 Å². The fraction of sp³-hybridized carbons (Fsp3) is 0.357. The van der Waals surface area contributed by atoms with Crippen molar-refractivity contribution < 1.29 is 0 Å². The summed E-state index contributed by atoms with van der Waals surface area (Å²) in [5.41, 5.74) is 11.5. The van der Waals surface area contributed by atoms with Gasteiger partial charge in [0.2, 0.25) is 0 Å². The van der Waals surface area contributed by atoms with Crippen molar-refractivity contribution >= 4 is 15.9 Å². The van der Waals surface area contributed by atoms with E-state index in [1.807, 2.05) is 10.7 Å². The third-order valence-corrected chi connectivity index (χ3v) is 3.68. The first-order chi connectivity index (χ1) is 8.56. The molecule has 0 aliphatic carbocycles. The summed E-state index contributed by atoms with van der Waals surface area (Å²) in [4.78, 5) is 0. The minimum atomic E-state index is 0.534. The van der Waals surface area contributed by atoms with E-state index in [-0.39, 0.29) is 0 Å². The normalized spacial score (nSPS) is 10.9. The lowest BCUT2D eigenvalue weighted by Gasteiger charge is -2.08. The lowest BCUT2D eigenvalue weighted by atomic mass is 10.1. The van der Waals surface area contributed by atoms with Crippen molar-refractivity contribution in [2.45, 2.75) is 33.7 Å². The third-order valence-electron chi connectivity index (χ3n) is 3.22. The predicted octanol–water partition coefficient (Wildman–Crippen LogP) is 3.27. The van der Waals surface area contributed by atoms with Crippen molar-refractivity contribution in [3.8, 4) is 5.69 Å². The van der Waals surface area contributed by atoms with Crippen LogP contribution in [0.25, 0.3) is 5.69 Å². The van der Waals surface area contributed by atoms with Crippen LogP contribution >= 0.6 is 15.9 Å². The largest absolute Gasteiger partial charge is 0.326 e. The van der Waals surface area contributed by atoms with E-state index in [1.54, 1.807) is 0 Å². The molecule has 18 heavy (non-hydrogen) atoms. The van der Waals surface area contributed by atoms with Crippen LogP contribution in [0.4, 0.5) is 0 Å². The molecule has 0 spiro atoms. The lowest BCUT2D eigenvalue weighted by Crippen LogP contribution is -2.03. The van der Waals surface area contributed by atoms with Crippen LogP contribution in [0.3, 0.4) is 0 Å². The summed E-state index contributed by atoms with van der Waals surface area (Å²) in [7, 11) is 0. The Morgan fingerprint density at radius 1 is 1.28 bits per heavy atom. The molecule has 0 radical (unpaired) electrons. The average molecular weight is 308 g/mol. The molecule has 0 aliphatic heterocycles. The van der Waals surface area contributed by atoms with Crippen LogP contribution in [-0.4, -0.2) is 9.78 Å². The SMILES string of the molecule is CCc1c(C)nn(-c2cc(Br)cc(CN)c2)c1C. The summed E-state index contributed by atoms with van der Waals surface area (Å²) >= 11 is 3.52. The van der Waals surface area contributed by atoms with Crippen LogP contribution in [0, 0.1) is 13.8 Å². The second kappa shape index (κ2) is 5.24. The Hall–Kier alpha value is -1.13. The smallest absolute Gasteiger partial charge is 0.0663 e. The zero-order chi connectivity index (χ0) is 13.3. The minimum absolute atomic E-state index is 0.534. The number of aryl methyl sites for hydroxylation is 1. The first-order valence-electron chi connectivity index (χ1n) is 6.11. The second-order valence-electron chi connectivity index (χ2n) is 4.44. The van der Waals surface area contributed by atoms with Gasteiger partial charge in [-0.15, -0.1) is 0 Å². The van der Waals surface area contributed by atoms with Gasteiger partial charge in [0.25, 0.3) is 0 Å². The number of benzene rings is 1. The monoisotopic (exact) mass is 307 g/mol. The van der Waals surface area contributed by atoms with Crippen molar-refractivity contribution in [3.63, 3.8) is 0 Å². The lowest BCUT2D eigenvalue weighted by molar-refractivity contribution is 0.829. The number of nitrogens with two attached hydrogens (primary N) is 1. The highest BCUT2D eigenvalue weighted by Gasteiger charge is 2.11. The number of nitrogens with zero attached hydrogens (tertiary/aromatic N) is 2. The zero-order valence-electron chi connectivity index (χ0n) is 11.0. The Labute approximate surface area is 116 Å². The molecule has 0 aliphatic rings. The van der Waals surface area contributed by atoms with Crippen LogP contribution in [-0.2, 0) is 13.0 Å². The summed E-state index contributed by atoms with van der Waals surface area (Å²) in [5, 5.41) is 4.62. The van der Waals surface area contributed by atoms with Crippen molar-refractivity contribution in [1.29, 1.82) is 0 Å². The van der Waals surface area contributed by atoms with Gasteiger partial charge in [0, 0.05) is 16.7 Å². The van der Waals surface area contributed by atoms with Gasteiger partial charge in [-0.3, -0.25) is 0 Å². The maximum absolute atomic E-state index is 5.71. The topological polar surface area (TPSA) is 43.8 Å². The standard InChI is InChI=1S/C14H18BrN3/c1-4-14-9(2)17-18(10(14)3)13-6-11(8-16)5-12(15)7-13/h5-7H,4,8,16H2,1-3H3. The van der Waals surface area contributed by atoms with Gasteiger partial charge < -0.3 is 5.73 Å². The maximum atomic E-state index is 5.71. The molecule has 1 aromatic carbocycles. The van der Waals surface area contributed by atoms with Crippen molar-refractivity contribution in [2.75, 3.05) is 0 Å². The first-order valence-corrected chi connectivity index (χ1v) is 6.91. The molecular formula is C14H18BrN3. The van der Waals surface area contributed by atoms with Crippen molar-refractivity contribution in [3.05, 3.63) is 45.2 Å². The van der Waals surface area contributed by atoms with Crippen LogP contribution in [0.2, 0.25) is 0 Å². The Kier molecular flexibility index (Phi) is 3.88. The maximum Gasteiger partial charge on any atom is 0.0663 e. The molecule has 0 unspecified atom stereocenters. The second-order valence-corrected chi connectivity index (χ2v) is 5.35. The molecule has 0 amide bonds. The van der Waals surface area contributed by atoms with Crippen LogP contribution in [0.1, 0.15) is 29.4 Å². The molecule has 3 nitrogen and oxygen atoms in total. The van der Waals surface area contributed by atoms with Gasteiger partial charge in [-0.1, -0.05) is 22.9 Å². The molecule has 1 heterocycles. The fourth-order valence-corrected chi connectivity index (χ4v) is 2.84. The van der Waals surface area contributed by atoms with Gasteiger partial charge in [0.15, 0.2) is 0 Å². The number of aromatic nitrogens is 2. The Balaban J connectivity index is 2.58. The van der Waals surface area contributed by atoms with Crippen LogP contribution < -0.4 is 5.73 Å². The fourth-order valence-electron chi connectivity index (χ4n) is 2.31. The number of hydrogen-bond donors (Lipinski definition) is 1. The van der Waals surface area contributed by atoms with E-state index < -0.39 is 0 Å². The molecule has 2 rings (SSSR count). The molecule has 0 saturated carbocycles. The van der Waals surface area contributed by atoms with Crippen molar-refractivity contribution in [2.24, 2.45) is 5.73 Å². The molecular weight excluding hydrogens is 290 g/mol. The van der Waals surface area contributed by atoms with E-state index >= 15 is 0 Å². The Morgan fingerprint density at radius 2 is 2.00 bits per heavy atom. The number of rotatable bonds is 3. The van der Waals surface area contributed by atoms with Gasteiger partial charge in [-0.05, 0) is 49.6 Å². The van der Waals surface area contributed by atoms with E-state index in [0.717, 1.165) is 27.8 Å². The highest BCUT2D eigenvalue weighted by Crippen LogP contribution is 2.22. The van der Waals surface area contributed by atoms with E-state index in [2.05, 4.69) is 53.9 Å². The summed E-state index contributed by atoms with van der Waals surface area (Å²) in [6.07, 6.45) is 1.01. The summed E-state index contributed by atoms with van der Waals surface area (Å²) in [6, 6.07) is 6.19. The van der Waals surface area contributed by atoms with E-state index in [9.17, 15) is 0 Å². The molecule has 2 aromatic rings. The van der Waals surface area contributed by atoms with Gasteiger partial charge in [0.05, 0.1) is 11.4 Å². The predicted molar refractivity (Wildman–Crippen MR) is 78.0 cm³/mol. The molecule has 2 N–H and O–H groups in total. The zero-order valence-corrected chi connectivity index (χ0v) is 12.6. The molecule has 0 atom stereocenters. The highest BCUT2D eigenvalue weighted by atomic mass is 79.9. The average Bonchev–Trinajstić information content (AvgIpc) is 2.63. The molecule has 4 heteroatoms. The Morgan fingerprint density at radius 3 is 2.56 bits per heavy atom. The van der Waals surface area contributed by atoms with Gasteiger partial charge in [-0.25, -0.2) is 4.68 Å². The van der Waals surface area contributed by atoms with E-state index in [1.165, 1.54) is 11.3 Å². The minimum Gasteiger partial charge on any atom is -0.326 e. The summed E-state index contributed by atoms with van der Waals surface area (Å²) in [5.74, 6) is 0. The molecule has 96 valence electrons. The van der Waals surface area contributed by atoms with E-state index in [0.29, 0.717) is 6.54 Å². The molecule has 1 aromatic heterocycles. The third kappa shape index (κ3) is 2.35. The van der Waals surface area contributed by atoms with Gasteiger partial charge in [-0.2, -0.15) is 5.10 Å². The molecule has 0 bridgehead atoms. The van der Waals surface area contributed by atoms with Gasteiger partial charge in [0.1, 0.15) is 0 Å². The summed E-state index contributed by atoms with van der Waals surface area (Å²) < 4.78 is 3.03. The Bertz CT molecular complexity index is 573. The number of halogens is 1.